The van der Waals surface area contributed by atoms with Crippen molar-refractivity contribution in [3.63, 3.8) is 0 Å². The highest BCUT2D eigenvalue weighted by Gasteiger charge is 2.44. The van der Waals surface area contributed by atoms with Gasteiger partial charge in [0.15, 0.2) is 0 Å². The van der Waals surface area contributed by atoms with Gasteiger partial charge in [-0.2, -0.15) is 0 Å². The first-order chi connectivity index (χ1) is 31.8. The summed E-state index contributed by atoms with van der Waals surface area (Å²) in [7, 11) is 0. The molecule has 0 saturated heterocycles. The van der Waals surface area contributed by atoms with Gasteiger partial charge in [-0.3, -0.25) is 0 Å². The van der Waals surface area contributed by atoms with Crippen molar-refractivity contribution >= 4 is 38.9 Å². The topological polar surface area (TPSA) is 8.17 Å². The lowest BCUT2D eigenvalue weighted by atomic mass is 9.59. The van der Waals surface area contributed by atoms with E-state index in [1.54, 1.807) is 5.57 Å². The maximum Gasteiger partial charge on any atom is 0.0541 e. The first-order valence-electron chi connectivity index (χ1n) is 23.8. The Kier molecular flexibility index (Phi) is 10.4. The summed E-state index contributed by atoms with van der Waals surface area (Å²) < 4.78 is 2.40. The molecule has 0 N–H and O–H groups in total. The molecule has 320 valence electrons. The zero-order valence-electron chi connectivity index (χ0n) is 38.2. The summed E-state index contributed by atoms with van der Waals surface area (Å²) in [4.78, 5) is 2.56. The molecule has 1 heterocycles. The van der Waals surface area contributed by atoms with Crippen molar-refractivity contribution < 1.29 is 0 Å². The summed E-state index contributed by atoms with van der Waals surface area (Å²) in [5, 5.41) is 2.51. The predicted octanol–water partition coefficient (Wildman–Crippen LogP) is 17.3. The van der Waals surface area contributed by atoms with Crippen LogP contribution in [0.1, 0.15) is 70.9 Å². The Labute approximate surface area is 385 Å². The summed E-state index contributed by atoms with van der Waals surface area (Å²) >= 11 is 0. The zero-order chi connectivity index (χ0) is 44.1. The van der Waals surface area contributed by atoms with Gasteiger partial charge < -0.3 is 9.47 Å². The minimum atomic E-state index is -0.286. The van der Waals surface area contributed by atoms with Crippen LogP contribution >= 0.6 is 0 Å². The van der Waals surface area contributed by atoms with Crippen molar-refractivity contribution in [3.05, 3.63) is 229 Å². The number of fused-ring (bicyclic) bond motifs is 4. The van der Waals surface area contributed by atoms with E-state index in [0.29, 0.717) is 5.92 Å². The smallest absolute Gasteiger partial charge is 0.0541 e. The lowest BCUT2D eigenvalue weighted by Gasteiger charge is -2.46. The molecule has 11 rings (SSSR count). The summed E-state index contributed by atoms with van der Waals surface area (Å²) in [5.74, 6) is 0.878. The van der Waals surface area contributed by atoms with Crippen LogP contribution in [0.4, 0.5) is 17.1 Å². The van der Waals surface area contributed by atoms with E-state index in [1.807, 2.05) is 0 Å². The second kappa shape index (κ2) is 16.6. The summed E-state index contributed by atoms with van der Waals surface area (Å²) in [6.45, 7) is 9.37. The molecule has 2 heteroatoms. The fraction of sp³-hybridized carbons (Fsp3) is 0.206. The van der Waals surface area contributed by atoms with E-state index in [0.717, 1.165) is 11.4 Å². The Morgan fingerprint density at radius 3 is 2.08 bits per heavy atom. The molecule has 3 aliphatic rings. The zero-order valence-corrected chi connectivity index (χ0v) is 38.2. The van der Waals surface area contributed by atoms with Gasteiger partial charge in [-0.1, -0.05) is 204 Å². The van der Waals surface area contributed by atoms with Gasteiger partial charge in [-0.25, -0.2) is 0 Å². The minimum absolute atomic E-state index is 0.0679. The third-order valence-electron chi connectivity index (χ3n) is 14.7. The van der Waals surface area contributed by atoms with E-state index in [2.05, 4.69) is 243 Å². The van der Waals surface area contributed by atoms with Gasteiger partial charge in [-0.15, -0.1) is 0 Å². The Balaban J connectivity index is 1.09. The van der Waals surface area contributed by atoms with Crippen LogP contribution in [0.5, 0.6) is 0 Å². The Morgan fingerprint density at radius 2 is 1.26 bits per heavy atom. The molecule has 1 aromatic heterocycles. The predicted molar refractivity (Wildman–Crippen MR) is 277 cm³/mol. The quantitative estimate of drug-likeness (QED) is 0.148. The first kappa shape index (κ1) is 40.8. The lowest BCUT2D eigenvalue weighted by molar-refractivity contribution is 0.346. The molecule has 0 amide bonds. The molecule has 1 fully saturated rings. The molecular weight excluding hydrogens is 785 g/mol. The molecule has 8 aromatic rings. The molecule has 0 bridgehead atoms. The standard InChI is InChI=1S/C63H58N2/c1-62(2,3)49-38-35-45(36-39-49)52-28-11-14-32-57(52)65(60-34-16-13-31-56(60)63(4)41-19-24-46-22-18-30-53(61(46)63)44-20-7-5-8-21-44)51-27-17-23-47(42-51)48-37-40-59-55(43-48)54-29-12-15-33-58(54)64(59)50-25-9-6-10-26-50/h6,9-19,22-44,61H,5,7-8,20-21H2,1-4H3. The number of para-hydroxylation sites is 4. The maximum atomic E-state index is 2.56. The van der Waals surface area contributed by atoms with Crippen molar-refractivity contribution in [2.75, 3.05) is 4.90 Å². The van der Waals surface area contributed by atoms with Gasteiger partial charge in [0, 0.05) is 39.0 Å². The van der Waals surface area contributed by atoms with Gasteiger partial charge in [0.25, 0.3) is 0 Å². The number of allylic oxidation sites excluding steroid dienone is 8. The van der Waals surface area contributed by atoms with Crippen LogP contribution in [-0.4, -0.2) is 4.57 Å². The molecule has 7 aromatic carbocycles. The van der Waals surface area contributed by atoms with Gasteiger partial charge in [0.05, 0.1) is 22.4 Å². The number of benzene rings is 7. The van der Waals surface area contributed by atoms with Gasteiger partial charge in [-0.05, 0) is 112 Å². The second-order valence-electron chi connectivity index (χ2n) is 19.8. The monoisotopic (exact) mass is 842 g/mol. The van der Waals surface area contributed by atoms with Gasteiger partial charge in [0.2, 0.25) is 0 Å². The molecule has 0 spiro atoms. The molecule has 2 nitrogen and oxygen atoms in total. The highest BCUT2D eigenvalue weighted by atomic mass is 15.1. The third-order valence-corrected chi connectivity index (χ3v) is 14.7. The summed E-state index contributed by atoms with van der Waals surface area (Å²) in [6.07, 6.45) is 20.9. The van der Waals surface area contributed by atoms with Crippen molar-refractivity contribution in [3.8, 4) is 27.9 Å². The fourth-order valence-electron chi connectivity index (χ4n) is 11.4. The van der Waals surface area contributed by atoms with E-state index < -0.39 is 0 Å². The largest absolute Gasteiger partial charge is 0.310 e. The molecule has 1 saturated carbocycles. The van der Waals surface area contributed by atoms with Crippen LogP contribution in [0.2, 0.25) is 0 Å². The fourth-order valence-corrected chi connectivity index (χ4v) is 11.4. The highest BCUT2D eigenvalue weighted by molar-refractivity contribution is 6.10. The van der Waals surface area contributed by atoms with Crippen LogP contribution in [0, 0.1) is 11.8 Å². The van der Waals surface area contributed by atoms with Crippen LogP contribution in [0.15, 0.2) is 217 Å². The van der Waals surface area contributed by atoms with Crippen LogP contribution in [0.3, 0.4) is 0 Å². The van der Waals surface area contributed by atoms with E-state index in [1.165, 1.54) is 104 Å². The number of hydrogen-bond acceptors (Lipinski definition) is 1. The van der Waals surface area contributed by atoms with E-state index in [-0.39, 0.29) is 16.7 Å². The third kappa shape index (κ3) is 7.30. The normalized spacial score (nSPS) is 18.7. The molecule has 3 aliphatic carbocycles. The van der Waals surface area contributed by atoms with Gasteiger partial charge >= 0.3 is 0 Å². The van der Waals surface area contributed by atoms with Crippen LogP contribution < -0.4 is 4.90 Å². The van der Waals surface area contributed by atoms with Crippen molar-refractivity contribution in [2.24, 2.45) is 11.8 Å². The maximum absolute atomic E-state index is 2.56. The number of nitrogens with zero attached hydrogens (tertiary/aromatic N) is 2. The molecular formula is C63H58N2. The van der Waals surface area contributed by atoms with Crippen LogP contribution in [0.25, 0.3) is 49.7 Å². The van der Waals surface area contributed by atoms with Crippen LogP contribution in [-0.2, 0) is 10.8 Å². The average Bonchev–Trinajstić information content (AvgIpc) is 3.68. The first-order valence-corrected chi connectivity index (χ1v) is 23.8. The van der Waals surface area contributed by atoms with Crippen molar-refractivity contribution in [1.82, 2.24) is 4.57 Å². The molecule has 0 radical (unpaired) electrons. The Hall–Kier alpha value is -6.90. The number of hydrogen-bond donors (Lipinski definition) is 0. The van der Waals surface area contributed by atoms with Crippen molar-refractivity contribution in [2.45, 2.75) is 70.6 Å². The molecule has 0 aliphatic heterocycles. The summed E-state index contributed by atoms with van der Waals surface area (Å²) in [5.41, 5.74) is 17.4. The molecule has 2 atom stereocenters. The Morgan fingerprint density at radius 1 is 0.569 bits per heavy atom. The Bertz CT molecular complexity index is 3180. The van der Waals surface area contributed by atoms with Crippen molar-refractivity contribution in [1.29, 1.82) is 0 Å². The second-order valence-corrected chi connectivity index (χ2v) is 19.8. The molecule has 65 heavy (non-hydrogen) atoms. The SMILES string of the molecule is CC(C)(C)c1ccc(-c2ccccc2N(c2cccc(-c3ccc4c(c3)c3ccccc3n4-c3ccccc3)c2)c2ccccc2C2(C)C=CC=C3C=CC=C(C4CCCCC4)C32)cc1. The number of anilines is 3. The highest BCUT2D eigenvalue weighted by Crippen LogP contribution is 2.54. The van der Waals surface area contributed by atoms with E-state index in [4.69, 9.17) is 0 Å². The average molecular weight is 843 g/mol. The number of rotatable bonds is 8. The van der Waals surface area contributed by atoms with E-state index >= 15 is 0 Å². The van der Waals surface area contributed by atoms with Gasteiger partial charge in [0.1, 0.15) is 0 Å². The summed E-state index contributed by atoms with van der Waals surface area (Å²) in [6, 6.07) is 63.3. The number of aromatic nitrogens is 1. The van der Waals surface area contributed by atoms with E-state index in [9.17, 15) is 0 Å². The minimum Gasteiger partial charge on any atom is -0.310 e. The molecule has 2 unspecified atom stereocenters. The lowest BCUT2D eigenvalue weighted by Crippen LogP contribution is -2.38.